The number of nitrogens with one attached hydrogen (secondary N) is 3. The van der Waals surface area contributed by atoms with Gasteiger partial charge < -0.3 is 29.7 Å². The Labute approximate surface area is 363 Å². The van der Waals surface area contributed by atoms with Crippen molar-refractivity contribution < 1.29 is 43.8 Å². The van der Waals surface area contributed by atoms with E-state index >= 15 is 4.39 Å². The minimum atomic E-state index is -3.49. The number of rotatable bonds is 11. The number of methoxy groups -OCH3 is 1. The third-order valence-electron chi connectivity index (χ3n) is 10.7. The molecule has 0 saturated carbocycles. The predicted molar refractivity (Wildman–Crippen MR) is 229 cm³/mol. The molecule has 4 aromatic rings. The van der Waals surface area contributed by atoms with Crippen molar-refractivity contribution in [3.05, 3.63) is 82.8 Å². The van der Waals surface area contributed by atoms with Crippen LogP contribution < -0.4 is 35.8 Å². The number of ether oxygens (including phenoxy) is 1. The number of anilines is 6. The maximum absolute atomic E-state index is 16.1. The molecule has 4 aliphatic rings. The first kappa shape index (κ1) is 32.2. The number of carbonyl (C=O) groups excluding carboxylic acids is 4. The van der Waals surface area contributed by atoms with Crippen LogP contribution in [-0.4, -0.2) is 115 Å². The normalized spacial score (nSPS) is 24.4. The molecule has 8 rings (SSSR count). The number of hydrogen-bond acceptors (Lipinski definition) is 13. The molecule has 0 radical (unpaired) electrons. The second-order valence-electron chi connectivity index (χ2n) is 15.0. The van der Waals surface area contributed by atoms with Gasteiger partial charge in [-0.3, -0.25) is 34.3 Å². The highest BCUT2D eigenvalue weighted by atomic mass is 35.5. The summed E-state index contributed by atoms with van der Waals surface area (Å²) in [5.74, 6) is -4.72. The van der Waals surface area contributed by atoms with Gasteiger partial charge in [0, 0.05) is 74.6 Å². The summed E-state index contributed by atoms with van der Waals surface area (Å²) in [7, 11) is -1.15. The number of nitrogens with zero attached hydrogens (tertiary/aromatic N) is 6. The van der Waals surface area contributed by atoms with Crippen molar-refractivity contribution in [1.29, 1.82) is 0 Å². The first-order chi connectivity index (χ1) is 31.8. The number of para-hydroxylation sites is 1. The van der Waals surface area contributed by atoms with Gasteiger partial charge in [0.15, 0.2) is 5.82 Å². The highest BCUT2D eigenvalue weighted by molar-refractivity contribution is 7.70. The standard InChI is InChI=1S/C42H46ClFN9O6P/c1-59-35-20-26(8-9-31(35)47-42-45-23-29(43)38(49-42)46-32-6-4-5-7-36(32)60(2,3)58)51-14-12-25(13-15-51)24-50-16-18-52(19-17-50)34-22-28-27(21-30(34)44)40(56)53(41(28)57)33-10-11-37(54)48-39(33)55/h4-9,20-23,25,33H,10-19,24H2,1-3H3,(H,48,54,55)(H2,45,46,47,49)/i16D2,17D2,18D2,19D2. The van der Waals surface area contributed by atoms with E-state index in [-0.39, 0.29) is 34.5 Å². The van der Waals surface area contributed by atoms with Crippen molar-refractivity contribution >= 4 is 82.2 Å². The van der Waals surface area contributed by atoms with Gasteiger partial charge >= 0.3 is 0 Å². The van der Waals surface area contributed by atoms with Gasteiger partial charge in [0.1, 0.15) is 29.8 Å². The molecule has 1 unspecified atom stereocenters. The van der Waals surface area contributed by atoms with Crippen molar-refractivity contribution in [2.45, 2.75) is 31.7 Å². The van der Waals surface area contributed by atoms with E-state index in [9.17, 15) is 23.7 Å². The molecule has 3 saturated heterocycles. The van der Waals surface area contributed by atoms with E-state index < -0.39 is 97.9 Å². The zero-order chi connectivity index (χ0) is 49.5. The van der Waals surface area contributed by atoms with Crippen LogP contribution >= 0.6 is 18.7 Å². The zero-order valence-electron chi connectivity index (χ0n) is 40.7. The Hall–Kier alpha value is -5.57. The first-order valence-corrected chi connectivity index (χ1v) is 22.0. The molecule has 1 atom stereocenters. The van der Waals surface area contributed by atoms with E-state index in [4.69, 9.17) is 27.3 Å². The molecule has 15 nitrogen and oxygen atoms in total. The largest absolute Gasteiger partial charge is 0.494 e. The lowest BCUT2D eigenvalue weighted by Gasteiger charge is -2.40. The van der Waals surface area contributed by atoms with Crippen molar-refractivity contribution in [1.82, 2.24) is 25.1 Å². The van der Waals surface area contributed by atoms with Crippen molar-refractivity contribution in [2.75, 3.05) is 86.5 Å². The topological polar surface area (TPSA) is 169 Å². The fourth-order valence-electron chi connectivity index (χ4n) is 7.56. The monoisotopic (exact) mass is 865 g/mol. The molecular formula is C42H46ClFN9O6P. The summed E-state index contributed by atoms with van der Waals surface area (Å²) in [4.78, 5) is 63.1. The molecular weight excluding hydrogens is 812 g/mol. The average Bonchev–Trinajstić information content (AvgIpc) is 3.50. The maximum atomic E-state index is 16.1. The quantitative estimate of drug-likeness (QED) is 0.129. The van der Waals surface area contributed by atoms with E-state index in [0.29, 0.717) is 70.3 Å². The van der Waals surface area contributed by atoms with Crippen LogP contribution in [0.4, 0.5) is 38.9 Å². The van der Waals surface area contributed by atoms with Gasteiger partial charge in [-0.25, -0.2) is 9.37 Å². The Balaban J connectivity index is 0.964. The highest BCUT2D eigenvalue weighted by Crippen LogP contribution is 2.39. The van der Waals surface area contributed by atoms with Gasteiger partial charge in [-0.1, -0.05) is 23.7 Å². The summed E-state index contributed by atoms with van der Waals surface area (Å²) in [6, 6.07) is 12.4. The van der Waals surface area contributed by atoms with E-state index in [2.05, 4.69) is 20.6 Å². The highest BCUT2D eigenvalue weighted by Gasteiger charge is 2.45. The lowest BCUT2D eigenvalue weighted by Crippen LogP contribution is -2.54. The number of aromatic nitrogens is 2. The summed E-state index contributed by atoms with van der Waals surface area (Å²) < 4.78 is 107. The minimum absolute atomic E-state index is 0.000218. The lowest BCUT2D eigenvalue weighted by molar-refractivity contribution is -0.136. The van der Waals surface area contributed by atoms with Crippen LogP contribution in [-0.2, 0) is 14.2 Å². The number of amides is 4. The van der Waals surface area contributed by atoms with Crippen LogP contribution in [0.1, 0.15) is 57.4 Å². The summed E-state index contributed by atoms with van der Waals surface area (Å²) in [6.45, 7) is -9.91. The zero-order valence-corrected chi connectivity index (χ0v) is 34.4. The number of imide groups is 2. The van der Waals surface area contributed by atoms with Crippen LogP contribution in [0.2, 0.25) is 5.02 Å². The van der Waals surface area contributed by atoms with E-state index in [0.717, 1.165) is 5.69 Å². The summed E-state index contributed by atoms with van der Waals surface area (Å²) >= 11 is 6.45. The molecule has 18 heteroatoms. The van der Waals surface area contributed by atoms with Crippen LogP contribution in [0, 0.1) is 11.7 Å². The number of fused-ring (bicyclic) bond motifs is 1. The number of halogens is 2. The Morgan fingerprint density at radius 3 is 2.35 bits per heavy atom. The molecule has 314 valence electrons. The van der Waals surface area contributed by atoms with Gasteiger partial charge in [0.2, 0.25) is 17.8 Å². The van der Waals surface area contributed by atoms with Crippen LogP contribution in [0.5, 0.6) is 5.75 Å². The van der Waals surface area contributed by atoms with E-state index in [1.165, 1.54) is 13.3 Å². The second kappa shape index (κ2) is 16.8. The Bertz CT molecular complexity index is 2770. The average molecular weight is 866 g/mol. The van der Waals surface area contributed by atoms with Crippen LogP contribution in [0.3, 0.4) is 0 Å². The van der Waals surface area contributed by atoms with Crippen LogP contribution in [0.15, 0.2) is 60.8 Å². The molecule has 3 fully saturated rings. The molecule has 3 aromatic carbocycles. The Morgan fingerprint density at radius 1 is 0.933 bits per heavy atom. The smallest absolute Gasteiger partial charge is 0.262 e. The summed E-state index contributed by atoms with van der Waals surface area (Å²) in [6.07, 6.45) is 1.76. The molecule has 60 heavy (non-hydrogen) atoms. The molecule has 5 heterocycles. The van der Waals surface area contributed by atoms with E-state index in [1.54, 1.807) is 49.7 Å². The molecule has 3 N–H and O–H groups in total. The number of piperidine rings is 2. The molecule has 0 spiro atoms. The van der Waals surface area contributed by atoms with Gasteiger partial charge in [-0.2, -0.15) is 4.98 Å². The molecule has 0 bridgehead atoms. The molecule has 0 aliphatic carbocycles. The maximum Gasteiger partial charge on any atom is 0.262 e. The van der Waals surface area contributed by atoms with Crippen molar-refractivity contribution in [2.24, 2.45) is 5.92 Å². The van der Waals surface area contributed by atoms with Crippen LogP contribution in [0.25, 0.3) is 0 Å². The molecule has 1 aromatic heterocycles. The van der Waals surface area contributed by atoms with E-state index in [1.807, 2.05) is 16.3 Å². The lowest BCUT2D eigenvalue weighted by atomic mass is 9.95. The van der Waals surface area contributed by atoms with Crippen molar-refractivity contribution in [3.8, 4) is 5.75 Å². The third kappa shape index (κ3) is 8.41. The number of carbonyl (C=O) groups is 4. The van der Waals surface area contributed by atoms with Gasteiger partial charge in [-0.05, 0) is 74.9 Å². The first-order valence-electron chi connectivity index (χ1n) is 23.1. The fourth-order valence-corrected chi connectivity index (χ4v) is 8.86. The predicted octanol–water partition coefficient (Wildman–Crippen LogP) is 5.45. The Morgan fingerprint density at radius 2 is 1.65 bits per heavy atom. The van der Waals surface area contributed by atoms with Crippen molar-refractivity contribution in [3.63, 3.8) is 0 Å². The number of piperazine rings is 1. The Kier molecular flexibility index (Phi) is 9.04. The SMILES string of the molecule is [2H]C1([2H])N(CC2CCN(c3ccc(Nc4ncc(Cl)c(Nc5ccccc5P(C)(C)=O)n4)c(OC)c3)CC2)C([2H])([2H])C([2H])([2H])N(c2cc3c(cc2F)C(=O)N(C2CCC(=O)NC2=O)C3=O)C1([2H])[2H]. The molecule has 4 aliphatic heterocycles. The van der Waals surface area contributed by atoms with Gasteiger partial charge in [0.05, 0.1) is 47.0 Å². The third-order valence-corrected chi connectivity index (χ3v) is 12.5. The molecule has 4 amide bonds. The second-order valence-corrected chi connectivity index (χ2v) is 18.6. The summed E-state index contributed by atoms with van der Waals surface area (Å²) in [5, 5.41) is 9.21. The minimum Gasteiger partial charge on any atom is -0.494 e. The summed E-state index contributed by atoms with van der Waals surface area (Å²) in [5.41, 5.74) is -0.212. The fraction of sp³-hybridized carbons (Fsp3) is 0.381. The van der Waals surface area contributed by atoms with Gasteiger partial charge in [0.25, 0.3) is 11.8 Å². The number of benzene rings is 3. The number of hydrogen-bond donors (Lipinski definition) is 3. The van der Waals surface area contributed by atoms with Gasteiger partial charge in [-0.15, -0.1) is 0 Å².